The van der Waals surface area contributed by atoms with Crippen molar-refractivity contribution >= 4 is 5.91 Å². The van der Waals surface area contributed by atoms with E-state index in [9.17, 15) is 14.4 Å². The summed E-state index contributed by atoms with van der Waals surface area (Å²) in [4.78, 5) is 37.1. The number of benzene rings is 2. The van der Waals surface area contributed by atoms with Gasteiger partial charge in [0.15, 0.2) is 0 Å². The number of hydrogen-bond acceptors (Lipinski definition) is 4. The second-order valence-electron chi connectivity index (χ2n) is 6.32. The number of carbonyl (C=O) groups excluding carboxylic acids is 1. The molecule has 28 heavy (non-hydrogen) atoms. The molecule has 0 aliphatic heterocycles. The van der Waals surface area contributed by atoms with Gasteiger partial charge in [-0.2, -0.15) is 0 Å². The molecule has 1 amide bonds. The summed E-state index contributed by atoms with van der Waals surface area (Å²) in [5.41, 5.74) is 0.937. The molecule has 2 aromatic carbocycles. The summed E-state index contributed by atoms with van der Waals surface area (Å²) in [6.07, 6.45) is 2.95. The van der Waals surface area contributed by atoms with Gasteiger partial charge in [0.25, 0.3) is 0 Å². The number of hydrogen-bond donors (Lipinski definition) is 1. The molecule has 3 aromatic rings. The van der Waals surface area contributed by atoms with Crippen molar-refractivity contribution < 1.29 is 9.53 Å². The standard InChI is InChI=1S/C21H21N3O4/c1-15-6-3-4-9-18(15)24-11-10-23(20(26)21(24)27)14-19(25)22-13-16-7-5-8-17(12-16)28-2/h3-12H,13-14H2,1-2H3,(H,22,25). The Morgan fingerprint density at radius 1 is 1.04 bits per heavy atom. The number of amides is 1. The zero-order valence-electron chi connectivity index (χ0n) is 15.7. The van der Waals surface area contributed by atoms with Crippen molar-refractivity contribution in [3.63, 3.8) is 0 Å². The molecule has 0 saturated heterocycles. The van der Waals surface area contributed by atoms with E-state index in [4.69, 9.17) is 4.74 Å². The van der Waals surface area contributed by atoms with E-state index in [1.165, 1.54) is 17.0 Å². The van der Waals surface area contributed by atoms with E-state index < -0.39 is 11.1 Å². The van der Waals surface area contributed by atoms with E-state index in [2.05, 4.69) is 5.32 Å². The normalized spacial score (nSPS) is 10.5. The Labute approximate surface area is 161 Å². The molecule has 1 aromatic heterocycles. The number of nitrogens with one attached hydrogen (secondary N) is 1. The van der Waals surface area contributed by atoms with Crippen LogP contribution in [0.15, 0.2) is 70.5 Å². The highest BCUT2D eigenvalue weighted by Crippen LogP contribution is 2.12. The third-order valence-electron chi connectivity index (χ3n) is 4.37. The van der Waals surface area contributed by atoms with Gasteiger partial charge in [-0.3, -0.25) is 23.5 Å². The van der Waals surface area contributed by atoms with Crippen molar-refractivity contribution in [2.45, 2.75) is 20.0 Å². The molecule has 0 unspecified atom stereocenters. The predicted octanol–water partition coefficient (Wildman–Crippen LogP) is 1.63. The van der Waals surface area contributed by atoms with Gasteiger partial charge in [-0.25, -0.2) is 0 Å². The molecule has 7 nitrogen and oxygen atoms in total. The van der Waals surface area contributed by atoms with E-state index in [0.29, 0.717) is 18.0 Å². The molecule has 7 heteroatoms. The zero-order valence-corrected chi connectivity index (χ0v) is 15.7. The highest BCUT2D eigenvalue weighted by atomic mass is 16.5. The Kier molecular flexibility index (Phi) is 5.74. The number of methoxy groups -OCH3 is 1. The van der Waals surface area contributed by atoms with Gasteiger partial charge < -0.3 is 10.1 Å². The number of ether oxygens (including phenoxy) is 1. The van der Waals surface area contributed by atoms with Crippen LogP contribution in [0.5, 0.6) is 5.75 Å². The summed E-state index contributed by atoms with van der Waals surface area (Å²) in [7, 11) is 1.57. The molecule has 0 saturated carbocycles. The maximum atomic E-state index is 12.5. The smallest absolute Gasteiger partial charge is 0.320 e. The van der Waals surface area contributed by atoms with Crippen LogP contribution in [0.4, 0.5) is 0 Å². The lowest BCUT2D eigenvalue weighted by atomic mass is 10.2. The average molecular weight is 379 g/mol. The highest BCUT2D eigenvalue weighted by Gasteiger charge is 2.11. The minimum atomic E-state index is -0.748. The number of aryl methyl sites for hydroxylation is 1. The first-order valence-corrected chi connectivity index (χ1v) is 8.77. The maximum absolute atomic E-state index is 12.5. The predicted molar refractivity (Wildman–Crippen MR) is 106 cm³/mol. The number of aromatic nitrogens is 2. The number of para-hydroxylation sites is 1. The van der Waals surface area contributed by atoms with Crippen LogP contribution in [0.3, 0.4) is 0 Å². The van der Waals surface area contributed by atoms with Crippen LogP contribution in [0.2, 0.25) is 0 Å². The van der Waals surface area contributed by atoms with Crippen molar-refractivity contribution in [2.75, 3.05) is 7.11 Å². The molecule has 0 spiro atoms. The molecule has 0 radical (unpaired) electrons. The molecule has 0 fully saturated rings. The van der Waals surface area contributed by atoms with Gasteiger partial charge in [0.1, 0.15) is 12.3 Å². The van der Waals surface area contributed by atoms with E-state index >= 15 is 0 Å². The Hall–Kier alpha value is -3.61. The topological polar surface area (TPSA) is 82.3 Å². The minimum absolute atomic E-state index is 0.230. The second-order valence-corrected chi connectivity index (χ2v) is 6.32. The summed E-state index contributed by atoms with van der Waals surface area (Å²) in [5, 5.41) is 2.74. The van der Waals surface area contributed by atoms with Crippen molar-refractivity contribution in [3.05, 3.63) is 92.8 Å². The summed E-state index contributed by atoms with van der Waals surface area (Å²) in [6, 6.07) is 14.6. The zero-order chi connectivity index (χ0) is 20.1. The van der Waals surface area contributed by atoms with Crippen molar-refractivity contribution in [1.82, 2.24) is 14.5 Å². The molecular formula is C21H21N3O4. The Morgan fingerprint density at radius 2 is 1.82 bits per heavy atom. The quantitative estimate of drug-likeness (QED) is 0.660. The fraction of sp³-hybridized carbons (Fsp3) is 0.190. The summed E-state index contributed by atoms with van der Waals surface area (Å²) >= 11 is 0. The van der Waals surface area contributed by atoms with Gasteiger partial charge in [0.05, 0.1) is 12.8 Å². The first kappa shape index (κ1) is 19.2. The monoisotopic (exact) mass is 379 g/mol. The third kappa shape index (κ3) is 4.20. The second kappa shape index (κ2) is 8.39. The van der Waals surface area contributed by atoms with Crippen LogP contribution in [-0.4, -0.2) is 22.2 Å². The van der Waals surface area contributed by atoms with Crippen LogP contribution in [0.25, 0.3) is 5.69 Å². The highest BCUT2D eigenvalue weighted by molar-refractivity contribution is 5.75. The molecule has 0 aliphatic carbocycles. The fourth-order valence-electron chi connectivity index (χ4n) is 2.85. The van der Waals surface area contributed by atoms with Crippen molar-refractivity contribution in [1.29, 1.82) is 0 Å². The SMILES string of the molecule is COc1cccc(CNC(=O)Cn2ccn(-c3ccccc3C)c(=O)c2=O)c1. The summed E-state index contributed by atoms with van der Waals surface area (Å²) in [6.45, 7) is 1.93. The first-order valence-electron chi connectivity index (χ1n) is 8.77. The molecule has 3 rings (SSSR count). The molecule has 0 aliphatic rings. The van der Waals surface area contributed by atoms with Gasteiger partial charge in [-0.15, -0.1) is 0 Å². The van der Waals surface area contributed by atoms with Gasteiger partial charge in [0.2, 0.25) is 5.91 Å². The van der Waals surface area contributed by atoms with Gasteiger partial charge >= 0.3 is 11.1 Å². The Morgan fingerprint density at radius 3 is 2.57 bits per heavy atom. The van der Waals surface area contributed by atoms with E-state index in [-0.39, 0.29) is 12.5 Å². The Bertz CT molecular complexity index is 1110. The lowest BCUT2D eigenvalue weighted by molar-refractivity contribution is -0.121. The van der Waals surface area contributed by atoms with Crippen LogP contribution in [0, 0.1) is 6.92 Å². The van der Waals surface area contributed by atoms with Crippen LogP contribution < -0.4 is 21.2 Å². The molecular weight excluding hydrogens is 358 g/mol. The molecule has 0 bridgehead atoms. The third-order valence-corrected chi connectivity index (χ3v) is 4.37. The van der Waals surface area contributed by atoms with Gasteiger partial charge in [0, 0.05) is 18.9 Å². The van der Waals surface area contributed by atoms with Crippen LogP contribution >= 0.6 is 0 Å². The van der Waals surface area contributed by atoms with Crippen molar-refractivity contribution in [3.8, 4) is 11.4 Å². The van der Waals surface area contributed by atoms with Crippen LogP contribution in [0.1, 0.15) is 11.1 Å². The van der Waals surface area contributed by atoms with Gasteiger partial charge in [-0.1, -0.05) is 30.3 Å². The van der Waals surface area contributed by atoms with E-state index in [1.54, 1.807) is 19.2 Å². The first-order chi connectivity index (χ1) is 13.5. The average Bonchev–Trinajstić information content (AvgIpc) is 2.71. The molecule has 1 heterocycles. The van der Waals surface area contributed by atoms with Crippen molar-refractivity contribution in [2.24, 2.45) is 0 Å². The number of carbonyl (C=O) groups is 1. The number of nitrogens with zero attached hydrogens (tertiary/aromatic N) is 2. The molecule has 144 valence electrons. The Balaban J connectivity index is 1.73. The van der Waals surface area contributed by atoms with E-state index in [0.717, 1.165) is 15.7 Å². The van der Waals surface area contributed by atoms with Gasteiger partial charge in [-0.05, 0) is 36.2 Å². The minimum Gasteiger partial charge on any atom is -0.497 e. The largest absolute Gasteiger partial charge is 0.497 e. The fourth-order valence-corrected chi connectivity index (χ4v) is 2.85. The maximum Gasteiger partial charge on any atom is 0.320 e. The number of rotatable bonds is 6. The lowest BCUT2D eigenvalue weighted by Crippen LogP contribution is -2.42. The summed E-state index contributed by atoms with van der Waals surface area (Å²) < 4.78 is 7.55. The van der Waals surface area contributed by atoms with E-state index in [1.807, 2.05) is 43.3 Å². The lowest BCUT2D eigenvalue weighted by Gasteiger charge is -2.11. The summed E-state index contributed by atoms with van der Waals surface area (Å²) in [5.74, 6) is 0.334. The van der Waals surface area contributed by atoms with Crippen LogP contribution in [-0.2, 0) is 17.9 Å². The molecule has 0 atom stereocenters. The molecule has 1 N–H and O–H groups in total.